The summed E-state index contributed by atoms with van der Waals surface area (Å²) in [6, 6.07) is 13.4. The average molecular weight is 306 g/mol. The maximum absolute atomic E-state index is 13.1. The number of aromatic nitrogens is 4. The number of benzene rings is 2. The monoisotopic (exact) mass is 306 g/mol. The summed E-state index contributed by atoms with van der Waals surface area (Å²) in [7, 11) is 0. The SMILES string of the molecule is FC(F)(F)c1ccccc1-n1nnnc1Oc1ccccc1. The Labute approximate surface area is 123 Å². The molecule has 0 N–H and O–H groups in total. The number of tetrazole rings is 1. The van der Waals surface area contributed by atoms with E-state index in [-0.39, 0.29) is 11.7 Å². The molecule has 22 heavy (non-hydrogen) atoms. The average Bonchev–Trinajstić information content (AvgIpc) is 2.95. The molecule has 0 saturated heterocycles. The van der Waals surface area contributed by atoms with E-state index in [4.69, 9.17) is 4.74 Å². The molecule has 1 heterocycles. The van der Waals surface area contributed by atoms with Crippen LogP contribution in [0.25, 0.3) is 5.69 Å². The predicted octanol–water partition coefficient (Wildman–Crippen LogP) is 3.47. The first kappa shape index (κ1) is 14.1. The van der Waals surface area contributed by atoms with Gasteiger partial charge in [-0.1, -0.05) is 35.4 Å². The maximum Gasteiger partial charge on any atom is 0.418 e. The minimum Gasteiger partial charge on any atom is -0.423 e. The summed E-state index contributed by atoms with van der Waals surface area (Å²) in [4.78, 5) is 0. The predicted molar refractivity (Wildman–Crippen MR) is 70.7 cm³/mol. The van der Waals surface area contributed by atoms with Crippen LogP contribution >= 0.6 is 0 Å². The number of hydrogen-bond acceptors (Lipinski definition) is 4. The summed E-state index contributed by atoms with van der Waals surface area (Å²) in [5.41, 5.74) is -1.05. The summed E-state index contributed by atoms with van der Waals surface area (Å²) in [6.45, 7) is 0. The number of halogens is 3. The summed E-state index contributed by atoms with van der Waals surface area (Å²) in [5, 5.41) is 10.6. The lowest BCUT2D eigenvalue weighted by Crippen LogP contribution is -2.12. The van der Waals surface area contributed by atoms with E-state index in [2.05, 4.69) is 15.5 Å². The number of para-hydroxylation sites is 2. The molecule has 0 atom stereocenters. The van der Waals surface area contributed by atoms with E-state index >= 15 is 0 Å². The Balaban J connectivity index is 2.03. The van der Waals surface area contributed by atoms with Crippen molar-refractivity contribution < 1.29 is 17.9 Å². The van der Waals surface area contributed by atoms with E-state index in [0.29, 0.717) is 5.75 Å². The van der Waals surface area contributed by atoms with Gasteiger partial charge in [0.15, 0.2) is 0 Å². The van der Waals surface area contributed by atoms with Crippen molar-refractivity contribution in [1.29, 1.82) is 0 Å². The van der Waals surface area contributed by atoms with Gasteiger partial charge in [0.1, 0.15) is 5.75 Å². The molecule has 5 nitrogen and oxygen atoms in total. The Hall–Kier alpha value is -2.90. The van der Waals surface area contributed by atoms with Crippen molar-refractivity contribution in [1.82, 2.24) is 20.2 Å². The van der Waals surface area contributed by atoms with Gasteiger partial charge in [-0.3, -0.25) is 0 Å². The largest absolute Gasteiger partial charge is 0.423 e. The van der Waals surface area contributed by atoms with Gasteiger partial charge < -0.3 is 4.74 Å². The van der Waals surface area contributed by atoms with Gasteiger partial charge in [-0.15, -0.1) is 0 Å². The summed E-state index contributed by atoms with van der Waals surface area (Å²) in [6.07, 6.45) is -4.52. The maximum atomic E-state index is 13.1. The van der Waals surface area contributed by atoms with E-state index in [1.54, 1.807) is 30.3 Å². The van der Waals surface area contributed by atoms with Crippen LogP contribution in [0.5, 0.6) is 11.8 Å². The van der Waals surface area contributed by atoms with Crippen LogP contribution in [0.15, 0.2) is 54.6 Å². The number of hydrogen-bond donors (Lipinski definition) is 0. The first-order chi connectivity index (χ1) is 10.6. The molecule has 0 saturated carbocycles. The van der Waals surface area contributed by atoms with E-state index in [1.165, 1.54) is 18.2 Å². The molecule has 0 unspecified atom stereocenters. The van der Waals surface area contributed by atoms with Crippen molar-refractivity contribution in [2.45, 2.75) is 6.18 Å². The molecule has 3 aromatic rings. The van der Waals surface area contributed by atoms with Gasteiger partial charge in [0.05, 0.1) is 11.3 Å². The minimum absolute atomic E-state index is 0.150. The lowest BCUT2D eigenvalue weighted by atomic mass is 10.2. The Kier molecular flexibility index (Phi) is 3.50. The molecule has 0 aliphatic rings. The molecule has 0 radical (unpaired) electrons. The van der Waals surface area contributed by atoms with Crippen LogP contribution in [0.4, 0.5) is 13.2 Å². The fourth-order valence-corrected chi connectivity index (χ4v) is 1.89. The molecule has 3 rings (SSSR count). The highest BCUT2D eigenvalue weighted by Crippen LogP contribution is 2.34. The summed E-state index contributed by atoms with van der Waals surface area (Å²) in [5.74, 6) is 0.419. The normalized spacial score (nSPS) is 11.4. The molecular formula is C14H9F3N4O. The van der Waals surface area contributed by atoms with Gasteiger partial charge in [-0.05, 0) is 34.7 Å². The lowest BCUT2D eigenvalue weighted by Gasteiger charge is -2.12. The quantitative estimate of drug-likeness (QED) is 0.743. The van der Waals surface area contributed by atoms with Crippen molar-refractivity contribution in [2.75, 3.05) is 0 Å². The highest BCUT2D eigenvalue weighted by molar-refractivity contribution is 5.43. The fourth-order valence-electron chi connectivity index (χ4n) is 1.89. The van der Waals surface area contributed by atoms with Crippen molar-refractivity contribution in [3.8, 4) is 17.4 Å². The smallest absolute Gasteiger partial charge is 0.418 e. The van der Waals surface area contributed by atoms with Crippen LogP contribution in [0.1, 0.15) is 5.56 Å². The van der Waals surface area contributed by atoms with E-state index in [1.807, 2.05) is 0 Å². The van der Waals surface area contributed by atoms with Gasteiger partial charge in [-0.25, -0.2) is 0 Å². The number of nitrogens with zero attached hydrogens (tertiary/aromatic N) is 4. The molecule has 1 aromatic heterocycles. The van der Waals surface area contributed by atoms with E-state index < -0.39 is 11.7 Å². The van der Waals surface area contributed by atoms with Gasteiger partial charge in [0.25, 0.3) is 0 Å². The molecule has 0 amide bonds. The first-order valence-electron chi connectivity index (χ1n) is 6.23. The Morgan fingerprint density at radius 3 is 2.32 bits per heavy atom. The Morgan fingerprint density at radius 2 is 1.59 bits per heavy atom. The van der Waals surface area contributed by atoms with Crippen LogP contribution in [-0.4, -0.2) is 20.2 Å². The van der Waals surface area contributed by atoms with Crippen molar-refractivity contribution in [3.63, 3.8) is 0 Å². The molecule has 112 valence electrons. The molecule has 2 aromatic carbocycles. The van der Waals surface area contributed by atoms with E-state index in [9.17, 15) is 13.2 Å². The highest BCUT2D eigenvalue weighted by atomic mass is 19.4. The van der Waals surface area contributed by atoms with Gasteiger partial charge in [0.2, 0.25) is 0 Å². The molecule has 0 aliphatic carbocycles. The van der Waals surface area contributed by atoms with Gasteiger partial charge >= 0.3 is 12.2 Å². The summed E-state index contributed by atoms with van der Waals surface area (Å²) < 4.78 is 45.6. The number of alkyl halides is 3. The topological polar surface area (TPSA) is 52.8 Å². The lowest BCUT2D eigenvalue weighted by molar-refractivity contribution is -0.137. The molecule has 8 heteroatoms. The molecular weight excluding hydrogens is 297 g/mol. The van der Waals surface area contributed by atoms with Crippen LogP contribution in [0.2, 0.25) is 0 Å². The second kappa shape index (κ2) is 5.47. The number of rotatable bonds is 3. The second-order valence-corrected chi connectivity index (χ2v) is 4.30. The number of ether oxygens (including phenoxy) is 1. The first-order valence-corrected chi connectivity index (χ1v) is 6.23. The molecule has 0 spiro atoms. The van der Waals surface area contributed by atoms with Crippen LogP contribution in [0.3, 0.4) is 0 Å². The second-order valence-electron chi connectivity index (χ2n) is 4.30. The van der Waals surface area contributed by atoms with Gasteiger partial charge in [0, 0.05) is 0 Å². The van der Waals surface area contributed by atoms with Crippen molar-refractivity contribution >= 4 is 0 Å². The molecule has 0 fully saturated rings. The minimum atomic E-state index is -4.52. The Morgan fingerprint density at radius 1 is 0.909 bits per heavy atom. The van der Waals surface area contributed by atoms with E-state index in [0.717, 1.165) is 10.7 Å². The molecule has 0 bridgehead atoms. The zero-order chi connectivity index (χ0) is 15.6. The van der Waals surface area contributed by atoms with Gasteiger partial charge in [-0.2, -0.15) is 17.9 Å². The van der Waals surface area contributed by atoms with Crippen LogP contribution in [0, 0.1) is 0 Å². The highest BCUT2D eigenvalue weighted by Gasteiger charge is 2.34. The third kappa shape index (κ3) is 2.76. The zero-order valence-corrected chi connectivity index (χ0v) is 11.0. The third-order valence-electron chi connectivity index (χ3n) is 2.83. The van der Waals surface area contributed by atoms with Crippen molar-refractivity contribution in [2.24, 2.45) is 0 Å². The Bertz CT molecular complexity index is 771. The third-order valence-corrected chi connectivity index (χ3v) is 2.83. The van der Waals surface area contributed by atoms with Crippen LogP contribution in [-0.2, 0) is 6.18 Å². The van der Waals surface area contributed by atoms with Crippen LogP contribution < -0.4 is 4.74 Å². The fraction of sp³-hybridized carbons (Fsp3) is 0.0714. The van der Waals surface area contributed by atoms with Crippen molar-refractivity contribution in [3.05, 3.63) is 60.2 Å². The summed E-state index contributed by atoms with van der Waals surface area (Å²) >= 11 is 0. The molecule has 0 aliphatic heterocycles. The standard InChI is InChI=1S/C14H9F3N4O/c15-14(16,17)11-8-4-5-9-12(11)21-13(18-19-20-21)22-10-6-2-1-3-7-10/h1-9H. The zero-order valence-electron chi connectivity index (χ0n) is 11.0.